The summed E-state index contributed by atoms with van der Waals surface area (Å²) in [6.45, 7) is 0.102. The fourth-order valence-corrected chi connectivity index (χ4v) is 3.53. The van der Waals surface area contributed by atoms with Crippen molar-refractivity contribution in [3.8, 4) is 0 Å². The molecule has 0 spiro atoms. The van der Waals surface area contributed by atoms with Crippen LogP contribution in [0.25, 0.3) is 11.0 Å². The predicted octanol–water partition coefficient (Wildman–Crippen LogP) is 2.03. The molecule has 1 amide bonds. The van der Waals surface area contributed by atoms with Crippen LogP contribution in [-0.2, 0) is 7.05 Å². The molecule has 1 heterocycles. The second kappa shape index (κ2) is 7.08. The molecule has 1 aliphatic carbocycles. The Hall–Kier alpha value is -1.95. The van der Waals surface area contributed by atoms with E-state index in [0.717, 1.165) is 23.9 Å². The highest BCUT2D eigenvalue weighted by Gasteiger charge is 2.25. The number of benzene rings is 1. The minimum absolute atomic E-state index is 0.0466. The molecule has 0 radical (unpaired) electrons. The van der Waals surface area contributed by atoms with E-state index in [1.165, 1.54) is 19.3 Å². The van der Waals surface area contributed by atoms with Crippen LogP contribution < -0.4 is 5.32 Å². The molecule has 2 N–H and O–H groups in total. The van der Waals surface area contributed by atoms with Crippen LogP contribution in [0.2, 0.25) is 0 Å². The summed E-state index contributed by atoms with van der Waals surface area (Å²) in [5.74, 6) is 0.377. The zero-order valence-electron chi connectivity index (χ0n) is 13.5. The average Bonchev–Trinajstić information content (AvgIpc) is 2.96. The van der Waals surface area contributed by atoms with Gasteiger partial charge in [0.15, 0.2) is 0 Å². The number of aromatic nitrogens is 3. The molecule has 1 saturated carbocycles. The molecule has 3 rings (SSSR count). The number of amides is 1. The third-order valence-electron chi connectivity index (χ3n) is 4.85. The first-order valence-electron chi connectivity index (χ1n) is 8.40. The Kier molecular flexibility index (Phi) is 4.91. The predicted molar refractivity (Wildman–Crippen MR) is 88.0 cm³/mol. The topological polar surface area (TPSA) is 80.0 Å². The Morgan fingerprint density at radius 2 is 2.17 bits per heavy atom. The summed E-state index contributed by atoms with van der Waals surface area (Å²) in [5, 5.41) is 20.5. The molecule has 0 saturated heterocycles. The molecule has 1 unspecified atom stereocenters. The quantitative estimate of drug-likeness (QED) is 0.884. The highest BCUT2D eigenvalue weighted by atomic mass is 16.3. The van der Waals surface area contributed by atoms with Crippen molar-refractivity contribution >= 4 is 16.9 Å². The van der Waals surface area contributed by atoms with Gasteiger partial charge in [-0.25, -0.2) is 4.68 Å². The molecule has 6 heteroatoms. The van der Waals surface area contributed by atoms with E-state index in [2.05, 4.69) is 15.6 Å². The fraction of sp³-hybridized carbons (Fsp3) is 0.588. The molecular weight excluding hydrogens is 292 g/mol. The van der Waals surface area contributed by atoms with Gasteiger partial charge in [0.05, 0.1) is 5.52 Å². The van der Waals surface area contributed by atoms with E-state index < -0.39 is 0 Å². The van der Waals surface area contributed by atoms with Crippen molar-refractivity contribution in [2.24, 2.45) is 13.0 Å². The number of fused-ring (bicyclic) bond motifs is 1. The monoisotopic (exact) mass is 316 g/mol. The maximum absolute atomic E-state index is 12.6. The summed E-state index contributed by atoms with van der Waals surface area (Å²) in [4.78, 5) is 12.6. The Balaban J connectivity index is 1.73. The maximum Gasteiger partial charge on any atom is 0.251 e. The molecule has 1 aromatic heterocycles. The van der Waals surface area contributed by atoms with E-state index in [-0.39, 0.29) is 18.6 Å². The number of rotatable bonds is 5. The van der Waals surface area contributed by atoms with Crippen LogP contribution in [0.3, 0.4) is 0 Å². The number of aliphatic hydroxyl groups is 1. The molecule has 6 nitrogen and oxygen atoms in total. The van der Waals surface area contributed by atoms with Gasteiger partial charge in [-0.1, -0.05) is 24.5 Å². The first kappa shape index (κ1) is 15.9. The smallest absolute Gasteiger partial charge is 0.251 e. The number of nitrogens with one attached hydrogen (secondary N) is 1. The number of nitrogens with zero attached hydrogens (tertiary/aromatic N) is 3. The molecule has 23 heavy (non-hydrogen) atoms. The van der Waals surface area contributed by atoms with E-state index in [1.807, 2.05) is 13.1 Å². The van der Waals surface area contributed by atoms with Crippen LogP contribution in [0.4, 0.5) is 0 Å². The Morgan fingerprint density at radius 1 is 1.39 bits per heavy atom. The van der Waals surface area contributed by atoms with Gasteiger partial charge in [0.2, 0.25) is 0 Å². The lowest BCUT2D eigenvalue weighted by Crippen LogP contribution is -2.41. The molecule has 124 valence electrons. The zero-order valence-corrected chi connectivity index (χ0v) is 13.5. The van der Waals surface area contributed by atoms with Crippen molar-refractivity contribution in [3.05, 3.63) is 23.8 Å². The third-order valence-corrected chi connectivity index (χ3v) is 4.85. The van der Waals surface area contributed by atoms with Crippen molar-refractivity contribution in [2.45, 2.75) is 44.6 Å². The highest BCUT2D eigenvalue weighted by molar-refractivity contribution is 5.97. The second-order valence-electron chi connectivity index (χ2n) is 6.41. The van der Waals surface area contributed by atoms with Gasteiger partial charge in [0.25, 0.3) is 5.91 Å². The average molecular weight is 316 g/mol. The highest BCUT2D eigenvalue weighted by Crippen LogP contribution is 2.28. The fourth-order valence-electron chi connectivity index (χ4n) is 3.53. The zero-order chi connectivity index (χ0) is 16.2. The number of hydrogen-bond acceptors (Lipinski definition) is 4. The summed E-state index contributed by atoms with van der Waals surface area (Å²) in [7, 11) is 1.83. The summed E-state index contributed by atoms with van der Waals surface area (Å²) in [6.07, 6.45) is 6.59. The first-order chi connectivity index (χ1) is 11.2. The summed E-state index contributed by atoms with van der Waals surface area (Å²) in [6, 6.07) is 5.49. The minimum Gasteiger partial charge on any atom is -0.396 e. The Bertz CT molecular complexity index is 676. The largest absolute Gasteiger partial charge is 0.396 e. The van der Waals surface area contributed by atoms with Crippen LogP contribution in [0, 0.1) is 5.92 Å². The minimum atomic E-state index is -0.0958. The van der Waals surface area contributed by atoms with E-state index in [9.17, 15) is 9.90 Å². The first-order valence-corrected chi connectivity index (χ1v) is 8.40. The molecule has 0 bridgehead atoms. The van der Waals surface area contributed by atoms with E-state index >= 15 is 0 Å². The maximum atomic E-state index is 12.6. The van der Waals surface area contributed by atoms with E-state index in [1.54, 1.807) is 16.8 Å². The number of hydrogen-bond donors (Lipinski definition) is 2. The van der Waals surface area contributed by atoms with Gasteiger partial charge in [-0.3, -0.25) is 4.79 Å². The number of aryl methyl sites for hydroxylation is 1. The number of carbonyl (C=O) groups excluding carboxylic acids is 1. The molecule has 2 aromatic rings. The third kappa shape index (κ3) is 3.52. The molecule has 1 fully saturated rings. The molecule has 1 aliphatic rings. The standard InChI is InChI=1S/C17H24N4O2/c1-21-16-8-7-13(11-15(16)19-20-21)17(23)18-14(9-10-22)12-5-3-2-4-6-12/h7-8,11-12,14,22H,2-6,9-10H2,1H3,(H,18,23). The summed E-state index contributed by atoms with van der Waals surface area (Å²) in [5.41, 5.74) is 2.22. The lowest BCUT2D eigenvalue weighted by Gasteiger charge is -2.30. The second-order valence-corrected chi connectivity index (χ2v) is 6.41. The van der Waals surface area contributed by atoms with Crippen molar-refractivity contribution in [1.82, 2.24) is 20.3 Å². The van der Waals surface area contributed by atoms with Crippen molar-refractivity contribution < 1.29 is 9.90 Å². The van der Waals surface area contributed by atoms with Gasteiger partial charge >= 0.3 is 0 Å². The van der Waals surface area contributed by atoms with Crippen molar-refractivity contribution in [1.29, 1.82) is 0 Å². The molecule has 0 aliphatic heterocycles. The normalized spacial score (nSPS) is 17.3. The molecular formula is C17H24N4O2. The van der Waals surface area contributed by atoms with Crippen LogP contribution in [-0.4, -0.2) is 38.7 Å². The van der Waals surface area contributed by atoms with Gasteiger partial charge in [-0.2, -0.15) is 0 Å². The van der Waals surface area contributed by atoms with Crippen LogP contribution in [0.5, 0.6) is 0 Å². The lowest BCUT2D eigenvalue weighted by molar-refractivity contribution is 0.0900. The summed E-state index contributed by atoms with van der Waals surface area (Å²) >= 11 is 0. The molecule has 1 aromatic carbocycles. The van der Waals surface area contributed by atoms with Crippen LogP contribution in [0.1, 0.15) is 48.9 Å². The van der Waals surface area contributed by atoms with Crippen molar-refractivity contribution in [3.63, 3.8) is 0 Å². The van der Waals surface area contributed by atoms with Gasteiger partial charge in [0, 0.05) is 25.3 Å². The van der Waals surface area contributed by atoms with Gasteiger partial charge in [0.1, 0.15) is 5.52 Å². The Morgan fingerprint density at radius 3 is 2.91 bits per heavy atom. The van der Waals surface area contributed by atoms with Crippen LogP contribution >= 0.6 is 0 Å². The van der Waals surface area contributed by atoms with Gasteiger partial charge < -0.3 is 10.4 Å². The van der Waals surface area contributed by atoms with Gasteiger partial charge in [-0.05, 0) is 43.4 Å². The van der Waals surface area contributed by atoms with Gasteiger partial charge in [-0.15, -0.1) is 5.10 Å². The lowest BCUT2D eigenvalue weighted by atomic mass is 9.82. The SMILES string of the molecule is Cn1nnc2cc(C(=O)NC(CCO)C3CCCCC3)ccc21. The Labute approximate surface area is 135 Å². The number of aliphatic hydroxyl groups excluding tert-OH is 1. The van der Waals surface area contributed by atoms with E-state index in [0.29, 0.717) is 17.9 Å². The van der Waals surface area contributed by atoms with Crippen molar-refractivity contribution in [2.75, 3.05) is 6.61 Å². The number of carbonyl (C=O) groups is 1. The van der Waals surface area contributed by atoms with Crippen LogP contribution in [0.15, 0.2) is 18.2 Å². The van der Waals surface area contributed by atoms with E-state index in [4.69, 9.17) is 0 Å². The summed E-state index contributed by atoms with van der Waals surface area (Å²) < 4.78 is 1.69. The molecule has 1 atom stereocenters.